The Hall–Kier alpha value is -1.50. The lowest BCUT2D eigenvalue weighted by molar-refractivity contribution is -0.00364. The van der Waals surface area contributed by atoms with E-state index in [0.717, 1.165) is 0 Å². The van der Waals surface area contributed by atoms with Crippen LogP contribution >= 0.6 is 0 Å². The Labute approximate surface area is 139 Å². The lowest BCUT2D eigenvalue weighted by Gasteiger charge is -2.31. The molecule has 23 heavy (non-hydrogen) atoms. The van der Waals surface area contributed by atoms with Gasteiger partial charge in [-0.1, -0.05) is 6.92 Å². The largest absolute Gasteiger partial charge is 0.444 e. The standard InChI is InChI=1S/C16H31N3O4/c1-12(10-18(6)15(21)23-16(3,4)5)9-17-14(20)19-7-8-22-13(2)11-19/h12-13H,7-11H2,1-6H3,(H,17,20)/t12-,13-/m1/s1. The highest BCUT2D eigenvalue weighted by Gasteiger charge is 2.23. The number of morpholine rings is 1. The van der Waals surface area contributed by atoms with Crippen molar-refractivity contribution in [1.82, 2.24) is 15.1 Å². The van der Waals surface area contributed by atoms with Gasteiger partial charge in [-0.2, -0.15) is 0 Å². The van der Waals surface area contributed by atoms with Crippen molar-refractivity contribution in [2.45, 2.75) is 46.3 Å². The molecule has 0 unspecified atom stereocenters. The lowest BCUT2D eigenvalue weighted by atomic mass is 10.1. The minimum Gasteiger partial charge on any atom is -0.444 e. The van der Waals surface area contributed by atoms with Crippen LogP contribution in [0.4, 0.5) is 9.59 Å². The molecule has 0 aromatic heterocycles. The van der Waals surface area contributed by atoms with Crippen LogP contribution in [0.1, 0.15) is 34.6 Å². The molecule has 2 atom stereocenters. The monoisotopic (exact) mass is 329 g/mol. The minimum absolute atomic E-state index is 0.0743. The molecule has 7 heteroatoms. The van der Waals surface area contributed by atoms with Crippen LogP contribution < -0.4 is 5.32 Å². The fourth-order valence-corrected chi connectivity index (χ4v) is 2.32. The van der Waals surface area contributed by atoms with Crippen LogP contribution in [0.2, 0.25) is 0 Å². The third kappa shape index (κ3) is 7.54. The SMILES string of the molecule is C[C@H](CNC(=O)N1CCO[C@H](C)C1)CN(C)C(=O)OC(C)(C)C. The summed E-state index contributed by atoms with van der Waals surface area (Å²) in [6, 6.07) is -0.0769. The van der Waals surface area contributed by atoms with E-state index in [-0.39, 0.29) is 24.1 Å². The summed E-state index contributed by atoms with van der Waals surface area (Å²) in [5.74, 6) is 0.134. The molecule has 1 aliphatic heterocycles. The molecule has 0 aliphatic carbocycles. The molecule has 1 saturated heterocycles. The maximum atomic E-state index is 12.1. The Kier molecular flexibility index (Phi) is 7.12. The van der Waals surface area contributed by atoms with Crippen LogP contribution in [-0.2, 0) is 9.47 Å². The van der Waals surface area contributed by atoms with Crippen LogP contribution in [0.3, 0.4) is 0 Å². The average Bonchev–Trinajstić information content (AvgIpc) is 2.42. The van der Waals surface area contributed by atoms with Gasteiger partial charge in [0.05, 0.1) is 12.7 Å². The highest BCUT2D eigenvalue weighted by atomic mass is 16.6. The average molecular weight is 329 g/mol. The Morgan fingerprint density at radius 1 is 1.43 bits per heavy atom. The van der Waals surface area contributed by atoms with Gasteiger partial charge in [0.1, 0.15) is 5.60 Å². The smallest absolute Gasteiger partial charge is 0.410 e. The number of hydrogen-bond acceptors (Lipinski definition) is 4. The fourth-order valence-electron chi connectivity index (χ4n) is 2.32. The van der Waals surface area contributed by atoms with E-state index in [1.54, 1.807) is 16.8 Å². The second kappa shape index (κ2) is 8.38. The number of carbonyl (C=O) groups excluding carboxylic acids is 2. The van der Waals surface area contributed by atoms with Gasteiger partial charge in [0, 0.05) is 33.2 Å². The molecule has 3 amide bonds. The maximum Gasteiger partial charge on any atom is 0.410 e. The summed E-state index contributed by atoms with van der Waals surface area (Å²) in [7, 11) is 1.70. The van der Waals surface area contributed by atoms with Crippen molar-refractivity contribution in [2.75, 3.05) is 39.8 Å². The molecule has 134 valence electrons. The van der Waals surface area contributed by atoms with Gasteiger partial charge >= 0.3 is 12.1 Å². The van der Waals surface area contributed by atoms with E-state index in [2.05, 4.69) is 5.32 Å². The zero-order chi connectivity index (χ0) is 17.6. The minimum atomic E-state index is -0.504. The quantitative estimate of drug-likeness (QED) is 0.855. The van der Waals surface area contributed by atoms with E-state index in [4.69, 9.17) is 9.47 Å². The van der Waals surface area contributed by atoms with Crippen LogP contribution in [-0.4, -0.2) is 73.5 Å². The number of rotatable bonds is 4. The van der Waals surface area contributed by atoms with E-state index in [1.165, 1.54) is 0 Å². The number of urea groups is 1. The molecular formula is C16H31N3O4. The topological polar surface area (TPSA) is 71.1 Å². The van der Waals surface area contributed by atoms with Crippen molar-refractivity contribution in [3.05, 3.63) is 0 Å². The van der Waals surface area contributed by atoms with Crippen molar-refractivity contribution in [2.24, 2.45) is 5.92 Å². The van der Waals surface area contributed by atoms with Gasteiger partial charge in [0.15, 0.2) is 0 Å². The Morgan fingerprint density at radius 2 is 2.09 bits per heavy atom. The molecule has 1 fully saturated rings. The molecule has 1 heterocycles. The maximum absolute atomic E-state index is 12.1. The third-order valence-corrected chi connectivity index (χ3v) is 3.42. The summed E-state index contributed by atoms with van der Waals surface area (Å²) in [5.41, 5.74) is -0.504. The van der Waals surface area contributed by atoms with Gasteiger partial charge in [0.25, 0.3) is 0 Å². The summed E-state index contributed by atoms with van der Waals surface area (Å²) >= 11 is 0. The second-order valence-corrected chi connectivity index (χ2v) is 7.28. The molecule has 0 spiro atoms. The van der Waals surface area contributed by atoms with Gasteiger partial charge in [-0.05, 0) is 33.6 Å². The van der Waals surface area contributed by atoms with E-state index >= 15 is 0 Å². The van der Waals surface area contributed by atoms with Crippen LogP contribution in [0.25, 0.3) is 0 Å². The predicted octanol–water partition coefficient (Wildman–Crippen LogP) is 1.92. The fraction of sp³-hybridized carbons (Fsp3) is 0.875. The van der Waals surface area contributed by atoms with Gasteiger partial charge in [-0.15, -0.1) is 0 Å². The molecule has 0 aromatic carbocycles. The van der Waals surface area contributed by atoms with E-state index < -0.39 is 5.60 Å². The first-order valence-corrected chi connectivity index (χ1v) is 8.17. The van der Waals surface area contributed by atoms with Crippen molar-refractivity contribution in [1.29, 1.82) is 0 Å². The number of ether oxygens (including phenoxy) is 2. The summed E-state index contributed by atoms with van der Waals surface area (Å²) in [6.45, 7) is 12.3. The molecular weight excluding hydrogens is 298 g/mol. The number of carbonyl (C=O) groups is 2. The Morgan fingerprint density at radius 3 is 2.65 bits per heavy atom. The zero-order valence-corrected chi connectivity index (χ0v) is 15.2. The summed E-state index contributed by atoms with van der Waals surface area (Å²) in [6.07, 6.45) is -0.275. The highest BCUT2D eigenvalue weighted by molar-refractivity contribution is 5.74. The second-order valence-electron chi connectivity index (χ2n) is 7.28. The molecule has 0 aromatic rings. The van der Waals surface area contributed by atoms with E-state index in [1.807, 2.05) is 34.6 Å². The first kappa shape index (κ1) is 19.5. The van der Waals surface area contributed by atoms with Gasteiger partial charge in [-0.25, -0.2) is 9.59 Å². The molecule has 0 radical (unpaired) electrons. The van der Waals surface area contributed by atoms with Crippen molar-refractivity contribution < 1.29 is 19.1 Å². The van der Waals surface area contributed by atoms with Gasteiger partial charge in [-0.3, -0.25) is 0 Å². The number of nitrogens with zero attached hydrogens (tertiary/aromatic N) is 2. The van der Waals surface area contributed by atoms with Crippen molar-refractivity contribution >= 4 is 12.1 Å². The normalized spacial score (nSPS) is 19.9. The van der Waals surface area contributed by atoms with Crippen LogP contribution in [0, 0.1) is 5.92 Å². The number of amides is 3. The first-order chi connectivity index (χ1) is 10.6. The molecule has 0 bridgehead atoms. The zero-order valence-electron chi connectivity index (χ0n) is 15.2. The summed E-state index contributed by atoms with van der Waals surface area (Å²) < 4.78 is 10.7. The van der Waals surface area contributed by atoms with E-state index in [0.29, 0.717) is 32.8 Å². The Balaban J connectivity index is 2.31. The van der Waals surface area contributed by atoms with Crippen molar-refractivity contribution in [3.63, 3.8) is 0 Å². The van der Waals surface area contributed by atoms with Gasteiger partial charge < -0.3 is 24.6 Å². The summed E-state index contributed by atoms with van der Waals surface area (Å²) in [5, 5.41) is 2.92. The number of hydrogen-bond donors (Lipinski definition) is 1. The molecule has 0 saturated carbocycles. The Bertz CT molecular complexity index is 409. The first-order valence-electron chi connectivity index (χ1n) is 8.17. The van der Waals surface area contributed by atoms with Crippen LogP contribution in [0.5, 0.6) is 0 Å². The number of nitrogens with one attached hydrogen (secondary N) is 1. The highest BCUT2D eigenvalue weighted by Crippen LogP contribution is 2.10. The summed E-state index contributed by atoms with van der Waals surface area (Å²) in [4.78, 5) is 27.3. The van der Waals surface area contributed by atoms with Crippen LogP contribution in [0.15, 0.2) is 0 Å². The van der Waals surface area contributed by atoms with E-state index in [9.17, 15) is 9.59 Å². The lowest BCUT2D eigenvalue weighted by Crippen LogP contribution is -2.50. The van der Waals surface area contributed by atoms with Gasteiger partial charge in [0.2, 0.25) is 0 Å². The molecule has 1 rings (SSSR count). The van der Waals surface area contributed by atoms with Crippen molar-refractivity contribution in [3.8, 4) is 0 Å². The molecule has 7 nitrogen and oxygen atoms in total. The molecule has 1 aliphatic rings. The third-order valence-electron chi connectivity index (χ3n) is 3.42. The molecule has 1 N–H and O–H groups in total. The predicted molar refractivity (Wildman–Crippen MR) is 88.4 cm³/mol.